The Morgan fingerprint density at radius 2 is 2.10 bits per heavy atom. The molecule has 1 atom stereocenters. The van der Waals surface area contributed by atoms with Crippen molar-refractivity contribution in [2.75, 3.05) is 13.2 Å². The monoisotopic (exact) mass is 297 g/mol. The van der Waals surface area contributed by atoms with E-state index in [1.165, 1.54) is 34.6 Å². The minimum absolute atomic E-state index is 0.376. The molecule has 1 saturated carbocycles. The third-order valence-electron chi connectivity index (χ3n) is 3.97. The zero-order chi connectivity index (χ0) is 14.4. The maximum absolute atomic E-state index is 9.93. The largest absolute Gasteiger partial charge is 0.389 e. The molecule has 1 aliphatic carbocycles. The van der Waals surface area contributed by atoms with Crippen molar-refractivity contribution in [2.24, 2.45) is 0 Å². The number of rotatable bonds is 7. The van der Waals surface area contributed by atoms with Crippen LogP contribution in [-0.2, 0) is 11.3 Å². The van der Waals surface area contributed by atoms with Crippen LogP contribution in [0, 0.1) is 13.8 Å². The average Bonchev–Trinajstić information content (AvgIpc) is 2.76. The Hall–Kier alpha value is -0.420. The topological polar surface area (TPSA) is 41.5 Å². The molecule has 1 fully saturated rings. The number of aryl methyl sites for hydroxylation is 2. The van der Waals surface area contributed by atoms with Crippen LogP contribution in [0.3, 0.4) is 0 Å². The van der Waals surface area contributed by atoms with E-state index in [0.717, 1.165) is 19.4 Å². The molecule has 0 aromatic carbocycles. The molecule has 4 heteroatoms. The number of hydrogen-bond acceptors (Lipinski definition) is 4. The van der Waals surface area contributed by atoms with Crippen molar-refractivity contribution in [1.82, 2.24) is 5.32 Å². The van der Waals surface area contributed by atoms with Crippen LogP contribution >= 0.6 is 11.3 Å². The Kier molecular flexibility index (Phi) is 6.49. The normalized spacial score (nSPS) is 18.4. The van der Waals surface area contributed by atoms with Gasteiger partial charge in [-0.3, -0.25) is 0 Å². The molecule has 2 rings (SSSR count). The van der Waals surface area contributed by atoms with E-state index >= 15 is 0 Å². The van der Waals surface area contributed by atoms with Gasteiger partial charge in [-0.25, -0.2) is 0 Å². The van der Waals surface area contributed by atoms with Crippen LogP contribution in [0.15, 0.2) is 6.07 Å². The minimum atomic E-state index is -0.404. The summed E-state index contributed by atoms with van der Waals surface area (Å²) in [5.74, 6) is 0. The van der Waals surface area contributed by atoms with Crippen molar-refractivity contribution < 1.29 is 9.84 Å². The van der Waals surface area contributed by atoms with Crippen molar-refractivity contribution in [3.8, 4) is 0 Å². The van der Waals surface area contributed by atoms with Gasteiger partial charge < -0.3 is 15.2 Å². The van der Waals surface area contributed by atoms with E-state index < -0.39 is 6.10 Å². The van der Waals surface area contributed by atoms with E-state index in [-0.39, 0.29) is 0 Å². The first-order valence-electron chi connectivity index (χ1n) is 7.71. The van der Waals surface area contributed by atoms with Crippen LogP contribution in [0.1, 0.15) is 47.4 Å². The average molecular weight is 297 g/mol. The third kappa shape index (κ3) is 5.17. The molecule has 0 saturated heterocycles. The van der Waals surface area contributed by atoms with Gasteiger partial charge in [-0.05, 0) is 38.3 Å². The van der Waals surface area contributed by atoms with E-state index in [1.54, 1.807) is 0 Å². The Morgan fingerprint density at radius 3 is 2.75 bits per heavy atom. The van der Waals surface area contributed by atoms with Crippen molar-refractivity contribution in [3.05, 3.63) is 21.4 Å². The van der Waals surface area contributed by atoms with Gasteiger partial charge in [0.05, 0.1) is 18.8 Å². The molecule has 1 unspecified atom stereocenters. The smallest absolute Gasteiger partial charge is 0.0897 e. The van der Waals surface area contributed by atoms with Crippen LogP contribution in [0.4, 0.5) is 0 Å². The van der Waals surface area contributed by atoms with Crippen molar-refractivity contribution in [3.63, 3.8) is 0 Å². The molecule has 1 aliphatic rings. The molecular formula is C16H27NO2S. The van der Waals surface area contributed by atoms with Gasteiger partial charge in [0.1, 0.15) is 0 Å². The lowest BCUT2D eigenvalue weighted by Gasteiger charge is -2.23. The fraction of sp³-hybridized carbons (Fsp3) is 0.750. The van der Waals surface area contributed by atoms with E-state index in [0.29, 0.717) is 19.3 Å². The molecule has 0 bridgehead atoms. The Bertz CT molecular complexity index is 380. The highest BCUT2D eigenvalue weighted by Gasteiger charge is 2.15. The van der Waals surface area contributed by atoms with Gasteiger partial charge in [-0.1, -0.05) is 19.3 Å². The molecule has 1 aromatic rings. The number of aliphatic hydroxyl groups excluding tert-OH is 1. The molecule has 0 aliphatic heterocycles. The van der Waals surface area contributed by atoms with Gasteiger partial charge in [-0.15, -0.1) is 11.3 Å². The van der Waals surface area contributed by atoms with Gasteiger partial charge in [0.25, 0.3) is 0 Å². The summed E-state index contributed by atoms with van der Waals surface area (Å²) in [4.78, 5) is 2.71. The molecule has 114 valence electrons. The van der Waals surface area contributed by atoms with E-state index in [2.05, 4.69) is 25.2 Å². The first kappa shape index (κ1) is 16.0. The SMILES string of the molecule is Cc1cc(CNCC(O)COC2CCCCC2)sc1C. The predicted molar refractivity (Wildman–Crippen MR) is 84.3 cm³/mol. The predicted octanol–water partition coefficient (Wildman–Crippen LogP) is 3.16. The molecule has 20 heavy (non-hydrogen) atoms. The highest BCUT2D eigenvalue weighted by atomic mass is 32.1. The molecule has 3 nitrogen and oxygen atoms in total. The fourth-order valence-corrected chi connectivity index (χ4v) is 3.66. The van der Waals surface area contributed by atoms with Crippen LogP contribution in [0.25, 0.3) is 0 Å². The highest BCUT2D eigenvalue weighted by molar-refractivity contribution is 7.12. The molecule has 1 heterocycles. The lowest BCUT2D eigenvalue weighted by Crippen LogP contribution is -2.32. The summed E-state index contributed by atoms with van der Waals surface area (Å²) >= 11 is 1.83. The standard InChI is InChI=1S/C16H27NO2S/c1-12-8-16(20-13(12)2)10-17-9-14(18)11-19-15-6-4-3-5-7-15/h8,14-15,17-18H,3-7,9-11H2,1-2H3. The molecule has 1 aromatic heterocycles. The second-order valence-corrected chi connectivity index (χ2v) is 7.17. The zero-order valence-corrected chi connectivity index (χ0v) is 13.5. The number of aliphatic hydroxyl groups is 1. The van der Waals surface area contributed by atoms with E-state index in [4.69, 9.17) is 4.74 Å². The Labute approximate surface area is 126 Å². The van der Waals surface area contributed by atoms with Crippen molar-refractivity contribution in [1.29, 1.82) is 0 Å². The Morgan fingerprint density at radius 1 is 1.35 bits per heavy atom. The third-order valence-corrected chi connectivity index (χ3v) is 5.13. The van der Waals surface area contributed by atoms with Crippen LogP contribution < -0.4 is 5.32 Å². The number of thiophene rings is 1. The van der Waals surface area contributed by atoms with Gasteiger partial charge in [-0.2, -0.15) is 0 Å². The summed E-state index contributed by atoms with van der Waals surface area (Å²) in [6.45, 7) is 6.18. The molecule has 2 N–H and O–H groups in total. The van der Waals surface area contributed by atoms with Crippen LogP contribution in [-0.4, -0.2) is 30.5 Å². The zero-order valence-electron chi connectivity index (χ0n) is 12.7. The maximum Gasteiger partial charge on any atom is 0.0897 e. The molecule has 0 amide bonds. The summed E-state index contributed by atoms with van der Waals surface area (Å²) in [6.07, 6.45) is 6.18. The first-order chi connectivity index (χ1) is 9.65. The number of hydrogen-bond donors (Lipinski definition) is 2. The van der Waals surface area contributed by atoms with Gasteiger partial charge in [0.2, 0.25) is 0 Å². The molecule has 0 radical (unpaired) electrons. The molecule has 0 spiro atoms. The lowest BCUT2D eigenvalue weighted by atomic mass is 9.98. The minimum Gasteiger partial charge on any atom is -0.389 e. The highest BCUT2D eigenvalue weighted by Crippen LogP contribution is 2.21. The lowest BCUT2D eigenvalue weighted by molar-refractivity contribution is -0.0230. The quantitative estimate of drug-likeness (QED) is 0.812. The fourth-order valence-electron chi connectivity index (χ4n) is 2.64. The summed E-state index contributed by atoms with van der Waals surface area (Å²) in [6, 6.07) is 2.22. The number of nitrogens with one attached hydrogen (secondary N) is 1. The van der Waals surface area contributed by atoms with Gasteiger partial charge >= 0.3 is 0 Å². The van der Waals surface area contributed by atoms with Crippen LogP contribution in [0.5, 0.6) is 0 Å². The second kappa shape index (κ2) is 8.13. The summed E-state index contributed by atoms with van der Waals surface area (Å²) < 4.78 is 5.78. The maximum atomic E-state index is 9.93. The first-order valence-corrected chi connectivity index (χ1v) is 8.53. The summed E-state index contributed by atoms with van der Waals surface area (Å²) in [5, 5.41) is 13.2. The van der Waals surface area contributed by atoms with Crippen molar-refractivity contribution in [2.45, 2.75) is 64.7 Å². The summed E-state index contributed by atoms with van der Waals surface area (Å²) in [7, 11) is 0. The summed E-state index contributed by atoms with van der Waals surface area (Å²) in [5.41, 5.74) is 1.35. The van der Waals surface area contributed by atoms with E-state index in [1.807, 2.05) is 11.3 Å². The van der Waals surface area contributed by atoms with Gasteiger partial charge in [0.15, 0.2) is 0 Å². The number of ether oxygens (including phenoxy) is 1. The molecular weight excluding hydrogens is 270 g/mol. The van der Waals surface area contributed by atoms with Crippen molar-refractivity contribution >= 4 is 11.3 Å². The Balaban J connectivity index is 1.58. The second-order valence-electron chi connectivity index (χ2n) is 5.83. The van der Waals surface area contributed by atoms with E-state index in [9.17, 15) is 5.11 Å². The van der Waals surface area contributed by atoms with Crippen LogP contribution in [0.2, 0.25) is 0 Å². The van der Waals surface area contributed by atoms with Gasteiger partial charge in [0, 0.05) is 22.8 Å².